The number of hydrogen-bond acceptors (Lipinski definition) is 1. The van der Waals surface area contributed by atoms with Crippen LogP contribution >= 0.6 is 0 Å². The number of rotatable bonds is 6. The minimum Gasteiger partial charge on any atom is -0.324 e. The van der Waals surface area contributed by atoms with Crippen molar-refractivity contribution < 1.29 is 0 Å². The fourth-order valence-corrected chi connectivity index (χ4v) is 7.35. The van der Waals surface area contributed by atoms with Crippen LogP contribution in [0.3, 0.4) is 0 Å². The molecular weight excluding hydrogens is 242 g/mol. The molecule has 4 saturated carbocycles. The summed E-state index contributed by atoms with van der Waals surface area (Å²) in [6.07, 6.45) is 15.3. The third-order valence-electron chi connectivity index (χ3n) is 7.38. The third-order valence-corrected chi connectivity index (χ3v) is 7.38. The fourth-order valence-electron chi connectivity index (χ4n) is 7.35. The van der Waals surface area contributed by atoms with Crippen molar-refractivity contribution in [2.24, 2.45) is 28.4 Å². The predicted molar refractivity (Wildman–Crippen MR) is 86.6 cm³/mol. The molecule has 4 rings (SSSR count). The summed E-state index contributed by atoms with van der Waals surface area (Å²) in [5.41, 5.74) is 8.49. The van der Waals surface area contributed by atoms with E-state index in [2.05, 4.69) is 20.8 Å². The maximum absolute atomic E-state index is 7.34. The van der Waals surface area contributed by atoms with E-state index in [1.54, 1.807) is 0 Å². The lowest BCUT2D eigenvalue weighted by Gasteiger charge is -2.72. The van der Waals surface area contributed by atoms with Gasteiger partial charge in [0.05, 0.1) is 0 Å². The summed E-state index contributed by atoms with van der Waals surface area (Å²) >= 11 is 0. The van der Waals surface area contributed by atoms with Gasteiger partial charge in [0.1, 0.15) is 0 Å². The van der Waals surface area contributed by atoms with Crippen LogP contribution in [0.25, 0.3) is 0 Å². The maximum Gasteiger partial charge on any atom is 0.0268 e. The highest BCUT2D eigenvalue weighted by Crippen LogP contribution is 2.72. The van der Waals surface area contributed by atoms with E-state index in [1.165, 1.54) is 70.6 Å². The van der Waals surface area contributed by atoms with E-state index in [0.717, 1.165) is 11.8 Å². The van der Waals surface area contributed by atoms with Crippen LogP contribution in [-0.2, 0) is 0 Å². The number of nitrogens with two attached hydrogens (primary N) is 1. The Morgan fingerprint density at radius 2 is 1.15 bits per heavy atom. The van der Waals surface area contributed by atoms with Gasteiger partial charge in [0.25, 0.3) is 0 Å². The SMILES string of the molecule is CCCC12CC3CC(C1)CC(CCC)(C3)C2(N)CCC. The van der Waals surface area contributed by atoms with Gasteiger partial charge in [-0.15, -0.1) is 0 Å². The van der Waals surface area contributed by atoms with Crippen LogP contribution in [0.2, 0.25) is 0 Å². The highest BCUT2D eigenvalue weighted by molar-refractivity contribution is 5.22. The number of hydrogen-bond donors (Lipinski definition) is 1. The van der Waals surface area contributed by atoms with Crippen molar-refractivity contribution in [1.29, 1.82) is 0 Å². The van der Waals surface area contributed by atoms with Crippen molar-refractivity contribution in [3.8, 4) is 0 Å². The monoisotopic (exact) mass is 277 g/mol. The van der Waals surface area contributed by atoms with Crippen LogP contribution in [0, 0.1) is 22.7 Å². The quantitative estimate of drug-likeness (QED) is 0.702. The Morgan fingerprint density at radius 1 is 0.750 bits per heavy atom. The van der Waals surface area contributed by atoms with Gasteiger partial charge >= 0.3 is 0 Å². The predicted octanol–water partition coefficient (Wildman–Crippen LogP) is 5.28. The van der Waals surface area contributed by atoms with E-state index < -0.39 is 0 Å². The van der Waals surface area contributed by atoms with E-state index in [9.17, 15) is 0 Å². The van der Waals surface area contributed by atoms with E-state index in [4.69, 9.17) is 5.73 Å². The average molecular weight is 277 g/mol. The van der Waals surface area contributed by atoms with Crippen LogP contribution in [0.4, 0.5) is 0 Å². The van der Waals surface area contributed by atoms with E-state index in [0.29, 0.717) is 10.8 Å². The highest BCUT2D eigenvalue weighted by Gasteiger charge is 2.68. The summed E-state index contributed by atoms with van der Waals surface area (Å²) in [6.45, 7) is 7.09. The molecule has 4 aliphatic rings. The van der Waals surface area contributed by atoms with E-state index >= 15 is 0 Å². The first-order valence-corrected chi connectivity index (χ1v) is 9.33. The Balaban J connectivity index is 2.04. The molecule has 20 heavy (non-hydrogen) atoms. The molecule has 0 atom stereocenters. The second kappa shape index (κ2) is 5.00. The lowest BCUT2D eigenvalue weighted by molar-refractivity contribution is -0.192. The van der Waals surface area contributed by atoms with Crippen LogP contribution in [-0.4, -0.2) is 5.54 Å². The molecule has 116 valence electrons. The molecule has 0 amide bonds. The summed E-state index contributed by atoms with van der Waals surface area (Å²) in [7, 11) is 0. The van der Waals surface area contributed by atoms with Crippen molar-refractivity contribution in [3.05, 3.63) is 0 Å². The van der Waals surface area contributed by atoms with Gasteiger partial charge in [-0.2, -0.15) is 0 Å². The molecule has 2 N–H and O–H groups in total. The lowest BCUT2D eigenvalue weighted by atomic mass is 9.34. The van der Waals surface area contributed by atoms with Crippen LogP contribution in [0.5, 0.6) is 0 Å². The zero-order chi connectivity index (χ0) is 14.4. The van der Waals surface area contributed by atoms with Gasteiger partial charge in [-0.25, -0.2) is 0 Å². The zero-order valence-electron chi connectivity index (χ0n) is 14.0. The van der Waals surface area contributed by atoms with Crippen molar-refractivity contribution in [1.82, 2.24) is 0 Å². The zero-order valence-corrected chi connectivity index (χ0v) is 14.0. The first-order chi connectivity index (χ1) is 9.55. The molecule has 4 aliphatic carbocycles. The van der Waals surface area contributed by atoms with Crippen LogP contribution < -0.4 is 5.73 Å². The van der Waals surface area contributed by atoms with Crippen molar-refractivity contribution in [2.75, 3.05) is 0 Å². The van der Waals surface area contributed by atoms with Gasteiger partial charge in [0.2, 0.25) is 0 Å². The second-order valence-electron chi connectivity index (χ2n) is 8.57. The molecular formula is C19H35N. The smallest absolute Gasteiger partial charge is 0.0268 e. The van der Waals surface area contributed by atoms with Gasteiger partial charge in [0.15, 0.2) is 0 Å². The molecule has 1 nitrogen and oxygen atoms in total. The van der Waals surface area contributed by atoms with E-state index in [1.807, 2.05) is 0 Å². The molecule has 0 aliphatic heterocycles. The molecule has 0 heterocycles. The summed E-state index contributed by atoms with van der Waals surface area (Å²) in [5.74, 6) is 2.02. The Bertz CT molecular complexity index is 319. The molecule has 0 saturated heterocycles. The molecule has 4 fully saturated rings. The van der Waals surface area contributed by atoms with E-state index in [-0.39, 0.29) is 5.54 Å². The first kappa shape index (κ1) is 14.9. The van der Waals surface area contributed by atoms with Gasteiger partial charge in [-0.3, -0.25) is 0 Å². The third kappa shape index (κ3) is 1.77. The fraction of sp³-hybridized carbons (Fsp3) is 1.00. The second-order valence-corrected chi connectivity index (χ2v) is 8.57. The van der Waals surface area contributed by atoms with Crippen molar-refractivity contribution >= 4 is 0 Å². The Labute approximate surface area is 126 Å². The Morgan fingerprint density at radius 3 is 1.50 bits per heavy atom. The molecule has 4 bridgehead atoms. The van der Waals surface area contributed by atoms with Crippen LogP contribution in [0.1, 0.15) is 91.4 Å². The molecule has 1 heteroatoms. The minimum absolute atomic E-state index is 0.147. The van der Waals surface area contributed by atoms with Gasteiger partial charge in [-0.05, 0) is 74.0 Å². The summed E-state index contributed by atoms with van der Waals surface area (Å²) in [5, 5.41) is 0. The molecule has 0 unspecified atom stereocenters. The first-order valence-electron chi connectivity index (χ1n) is 9.33. The highest BCUT2D eigenvalue weighted by atomic mass is 14.9. The Kier molecular flexibility index (Phi) is 3.72. The largest absolute Gasteiger partial charge is 0.324 e. The topological polar surface area (TPSA) is 26.0 Å². The minimum atomic E-state index is 0.147. The summed E-state index contributed by atoms with van der Waals surface area (Å²) < 4.78 is 0. The van der Waals surface area contributed by atoms with Gasteiger partial charge in [0, 0.05) is 5.54 Å². The average Bonchev–Trinajstić information content (AvgIpc) is 2.36. The molecule has 0 spiro atoms. The summed E-state index contributed by atoms with van der Waals surface area (Å²) in [4.78, 5) is 0. The molecule has 0 aromatic heterocycles. The molecule has 0 aromatic carbocycles. The standard InChI is InChI=1S/C19H35N/c1-4-7-17-11-15-10-16(12-17)14-18(13-15,8-5-2)19(17,20)9-6-3/h15-16H,4-14,20H2,1-3H3. The molecule has 0 radical (unpaired) electrons. The maximum atomic E-state index is 7.34. The van der Waals surface area contributed by atoms with Gasteiger partial charge in [-0.1, -0.05) is 40.0 Å². The Hall–Kier alpha value is -0.0400. The van der Waals surface area contributed by atoms with Gasteiger partial charge < -0.3 is 5.73 Å². The van der Waals surface area contributed by atoms with Crippen LogP contribution in [0.15, 0.2) is 0 Å². The normalized spacial score (nSPS) is 49.8. The molecule has 0 aromatic rings. The lowest BCUT2D eigenvalue weighted by Crippen LogP contribution is -2.74. The van der Waals surface area contributed by atoms with Crippen molar-refractivity contribution in [2.45, 2.75) is 96.9 Å². The summed E-state index contributed by atoms with van der Waals surface area (Å²) in [6, 6.07) is 0. The van der Waals surface area contributed by atoms with Crippen molar-refractivity contribution in [3.63, 3.8) is 0 Å².